The standard InChI is InChI=1S/C10H15N5/c1-6-4-9(11)13-14-10(6)8-5-12-15(3)7(8)2/h5-6H,4H2,1-3H3,(H2,11,13). The van der Waals surface area contributed by atoms with Gasteiger partial charge < -0.3 is 5.73 Å². The first-order valence-corrected chi connectivity index (χ1v) is 4.98. The maximum absolute atomic E-state index is 5.63. The Bertz CT molecular complexity index is 441. The van der Waals surface area contributed by atoms with Crippen molar-refractivity contribution in [1.29, 1.82) is 0 Å². The molecule has 2 heterocycles. The largest absolute Gasteiger partial charge is 0.386 e. The summed E-state index contributed by atoms with van der Waals surface area (Å²) < 4.78 is 1.84. The Morgan fingerprint density at radius 1 is 1.47 bits per heavy atom. The summed E-state index contributed by atoms with van der Waals surface area (Å²) in [5.74, 6) is 0.915. The van der Waals surface area contributed by atoms with Crippen LogP contribution in [0.2, 0.25) is 0 Å². The lowest BCUT2D eigenvalue weighted by molar-refractivity contribution is 0.738. The average molecular weight is 205 g/mol. The quantitative estimate of drug-likeness (QED) is 0.737. The van der Waals surface area contributed by atoms with Crippen molar-refractivity contribution < 1.29 is 0 Å². The minimum atomic E-state index is 0.311. The molecule has 5 heteroatoms. The molecular formula is C10H15N5. The Morgan fingerprint density at radius 2 is 2.20 bits per heavy atom. The van der Waals surface area contributed by atoms with Crippen molar-refractivity contribution in [3.63, 3.8) is 0 Å². The number of nitrogens with two attached hydrogens (primary N) is 1. The molecule has 0 aliphatic carbocycles. The van der Waals surface area contributed by atoms with Crippen molar-refractivity contribution in [2.24, 2.45) is 28.9 Å². The number of hydrogen-bond donors (Lipinski definition) is 1. The van der Waals surface area contributed by atoms with Gasteiger partial charge in [-0.3, -0.25) is 4.68 Å². The molecule has 2 rings (SSSR count). The predicted octanol–water partition coefficient (Wildman–Crippen LogP) is 0.830. The summed E-state index contributed by atoms with van der Waals surface area (Å²) in [5, 5.41) is 12.3. The molecule has 1 aromatic heterocycles. The molecule has 0 amide bonds. The van der Waals surface area contributed by atoms with Crippen molar-refractivity contribution in [3.05, 3.63) is 17.5 Å². The predicted molar refractivity (Wildman–Crippen MR) is 59.9 cm³/mol. The smallest absolute Gasteiger partial charge is 0.123 e. The molecule has 1 atom stereocenters. The highest BCUT2D eigenvalue weighted by atomic mass is 15.3. The second-order valence-corrected chi connectivity index (χ2v) is 3.95. The van der Waals surface area contributed by atoms with Gasteiger partial charge in [0.2, 0.25) is 0 Å². The third kappa shape index (κ3) is 1.65. The Kier molecular flexibility index (Phi) is 2.30. The molecule has 80 valence electrons. The molecule has 0 aromatic carbocycles. The van der Waals surface area contributed by atoms with E-state index in [9.17, 15) is 0 Å². The van der Waals surface area contributed by atoms with Gasteiger partial charge in [-0.15, -0.1) is 5.10 Å². The molecule has 0 fully saturated rings. The van der Waals surface area contributed by atoms with Gasteiger partial charge in [-0.1, -0.05) is 6.92 Å². The van der Waals surface area contributed by atoms with Gasteiger partial charge in [0.1, 0.15) is 5.84 Å². The minimum Gasteiger partial charge on any atom is -0.386 e. The van der Waals surface area contributed by atoms with Crippen LogP contribution >= 0.6 is 0 Å². The molecule has 15 heavy (non-hydrogen) atoms. The van der Waals surface area contributed by atoms with E-state index in [4.69, 9.17) is 5.73 Å². The number of aryl methyl sites for hydroxylation is 1. The fourth-order valence-electron chi connectivity index (χ4n) is 1.74. The molecule has 5 nitrogen and oxygen atoms in total. The zero-order valence-corrected chi connectivity index (χ0v) is 9.23. The topological polar surface area (TPSA) is 68.6 Å². The zero-order valence-electron chi connectivity index (χ0n) is 9.23. The molecule has 1 aromatic rings. The van der Waals surface area contributed by atoms with E-state index in [1.54, 1.807) is 0 Å². The molecule has 0 saturated heterocycles. The maximum Gasteiger partial charge on any atom is 0.123 e. The maximum atomic E-state index is 5.63. The first-order valence-electron chi connectivity index (χ1n) is 4.98. The van der Waals surface area contributed by atoms with E-state index in [0.29, 0.717) is 11.8 Å². The van der Waals surface area contributed by atoms with E-state index in [2.05, 4.69) is 22.2 Å². The molecule has 0 radical (unpaired) electrons. The summed E-state index contributed by atoms with van der Waals surface area (Å²) in [6, 6.07) is 0. The first-order chi connectivity index (χ1) is 7.09. The van der Waals surface area contributed by atoms with Crippen LogP contribution in [-0.4, -0.2) is 21.3 Å². The highest BCUT2D eigenvalue weighted by Crippen LogP contribution is 2.19. The number of hydrogen-bond acceptors (Lipinski definition) is 4. The van der Waals surface area contributed by atoms with Crippen molar-refractivity contribution in [1.82, 2.24) is 9.78 Å². The number of rotatable bonds is 1. The highest BCUT2D eigenvalue weighted by molar-refractivity contribution is 6.06. The van der Waals surface area contributed by atoms with Crippen LogP contribution in [-0.2, 0) is 7.05 Å². The van der Waals surface area contributed by atoms with Crippen LogP contribution in [0.1, 0.15) is 24.6 Å². The third-order valence-electron chi connectivity index (χ3n) is 2.78. The summed E-state index contributed by atoms with van der Waals surface area (Å²) in [7, 11) is 1.92. The van der Waals surface area contributed by atoms with Gasteiger partial charge >= 0.3 is 0 Å². The Balaban J connectivity index is 2.43. The zero-order chi connectivity index (χ0) is 11.0. The van der Waals surface area contributed by atoms with Gasteiger partial charge in [0.25, 0.3) is 0 Å². The van der Waals surface area contributed by atoms with E-state index in [1.165, 1.54) is 0 Å². The molecule has 0 spiro atoms. The molecule has 0 saturated carbocycles. The Labute approximate surface area is 88.7 Å². The van der Waals surface area contributed by atoms with Crippen molar-refractivity contribution in [2.75, 3.05) is 0 Å². The molecule has 1 aliphatic rings. The van der Waals surface area contributed by atoms with Crippen LogP contribution in [0.4, 0.5) is 0 Å². The number of amidine groups is 1. The Hall–Kier alpha value is -1.65. The molecule has 1 unspecified atom stereocenters. The first kappa shape index (κ1) is 9.89. The fourth-order valence-corrected chi connectivity index (χ4v) is 1.74. The van der Waals surface area contributed by atoms with E-state index in [1.807, 2.05) is 24.9 Å². The van der Waals surface area contributed by atoms with E-state index >= 15 is 0 Å². The normalized spacial score (nSPS) is 21.1. The SMILES string of the molecule is Cc1c(C2=NN=C(N)CC2C)cnn1C. The van der Waals surface area contributed by atoms with Crippen LogP contribution < -0.4 is 5.73 Å². The van der Waals surface area contributed by atoms with Crippen molar-refractivity contribution in [3.8, 4) is 0 Å². The molecular weight excluding hydrogens is 190 g/mol. The summed E-state index contributed by atoms with van der Waals surface area (Å²) in [4.78, 5) is 0. The van der Waals surface area contributed by atoms with Crippen LogP contribution in [0.15, 0.2) is 16.4 Å². The van der Waals surface area contributed by atoms with Crippen LogP contribution in [0, 0.1) is 12.8 Å². The van der Waals surface area contributed by atoms with Crippen molar-refractivity contribution in [2.45, 2.75) is 20.3 Å². The third-order valence-corrected chi connectivity index (χ3v) is 2.78. The van der Waals surface area contributed by atoms with Gasteiger partial charge in [-0.05, 0) is 6.92 Å². The van der Waals surface area contributed by atoms with Crippen molar-refractivity contribution >= 4 is 11.5 Å². The molecule has 1 aliphatic heterocycles. The number of nitrogens with zero attached hydrogens (tertiary/aromatic N) is 4. The number of aromatic nitrogens is 2. The van der Waals surface area contributed by atoms with Crippen LogP contribution in [0.5, 0.6) is 0 Å². The van der Waals surface area contributed by atoms with Gasteiger partial charge in [0.05, 0.1) is 11.9 Å². The lowest BCUT2D eigenvalue weighted by atomic mass is 9.95. The fraction of sp³-hybridized carbons (Fsp3) is 0.500. The molecule has 2 N–H and O–H groups in total. The average Bonchev–Trinajstić information content (AvgIpc) is 2.49. The van der Waals surface area contributed by atoms with Gasteiger partial charge in [-0.2, -0.15) is 10.2 Å². The van der Waals surface area contributed by atoms with E-state index in [-0.39, 0.29) is 0 Å². The molecule has 0 bridgehead atoms. The minimum absolute atomic E-state index is 0.311. The lowest BCUT2D eigenvalue weighted by Crippen LogP contribution is -2.25. The van der Waals surface area contributed by atoms with E-state index in [0.717, 1.165) is 23.4 Å². The summed E-state index contributed by atoms with van der Waals surface area (Å²) >= 11 is 0. The van der Waals surface area contributed by atoms with Gasteiger partial charge in [-0.25, -0.2) is 0 Å². The monoisotopic (exact) mass is 205 g/mol. The van der Waals surface area contributed by atoms with Gasteiger partial charge in [0, 0.05) is 30.6 Å². The summed E-state index contributed by atoms with van der Waals surface area (Å²) in [5.41, 5.74) is 8.79. The highest BCUT2D eigenvalue weighted by Gasteiger charge is 2.21. The lowest BCUT2D eigenvalue weighted by Gasteiger charge is -2.16. The van der Waals surface area contributed by atoms with E-state index < -0.39 is 0 Å². The summed E-state index contributed by atoms with van der Waals surface area (Å²) in [6.07, 6.45) is 2.61. The van der Waals surface area contributed by atoms with Crippen LogP contribution in [0.25, 0.3) is 0 Å². The Morgan fingerprint density at radius 3 is 2.73 bits per heavy atom. The second kappa shape index (κ2) is 3.49. The van der Waals surface area contributed by atoms with Gasteiger partial charge in [0.15, 0.2) is 0 Å². The van der Waals surface area contributed by atoms with Crippen LogP contribution in [0.3, 0.4) is 0 Å². The summed E-state index contributed by atoms with van der Waals surface area (Å²) in [6.45, 7) is 4.13. The second-order valence-electron chi connectivity index (χ2n) is 3.95.